The lowest BCUT2D eigenvalue weighted by Crippen LogP contribution is -2.61. The molecular weight excluding hydrogens is 547 g/mol. The maximum Gasteiger partial charge on any atom is 0.511 e. The van der Waals surface area contributed by atoms with E-state index in [0.29, 0.717) is 38.8 Å². The summed E-state index contributed by atoms with van der Waals surface area (Å²) in [4.78, 5) is 31.8. The Morgan fingerprint density at radius 2 is 1.77 bits per heavy atom. The van der Waals surface area contributed by atoms with Crippen molar-refractivity contribution in [1.82, 2.24) is 4.98 Å². The molecule has 3 aromatic rings. The van der Waals surface area contributed by atoms with Gasteiger partial charge in [0.05, 0.1) is 23.7 Å². The van der Waals surface area contributed by atoms with Gasteiger partial charge in [-0.2, -0.15) is 13.2 Å². The summed E-state index contributed by atoms with van der Waals surface area (Å²) in [5, 5.41) is 8.77. The van der Waals surface area contributed by atoms with Gasteiger partial charge in [0.25, 0.3) is 0 Å². The summed E-state index contributed by atoms with van der Waals surface area (Å²) in [5.41, 5.74) is 1.04. The number of aryl methyl sites for hydroxylation is 1. The zero-order valence-corrected chi connectivity index (χ0v) is 22.5. The van der Waals surface area contributed by atoms with Gasteiger partial charge in [-0.1, -0.05) is 17.7 Å². The summed E-state index contributed by atoms with van der Waals surface area (Å²) < 4.78 is 46.9. The van der Waals surface area contributed by atoms with E-state index in [-0.39, 0.29) is 21.3 Å². The topological polar surface area (TPSA) is 79.7 Å². The van der Waals surface area contributed by atoms with Gasteiger partial charge in [0, 0.05) is 56.0 Å². The first-order valence-electron chi connectivity index (χ1n) is 12.9. The predicted octanol–water partition coefficient (Wildman–Crippen LogP) is 6.75. The normalized spacial score (nSPS) is 19.1. The molecule has 1 aliphatic carbocycles. The lowest BCUT2D eigenvalue weighted by Gasteiger charge is -2.47. The lowest BCUT2D eigenvalue weighted by atomic mass is 9.92. The van der Waals surface area contributed by atoms with Gasteiger partial charge >= 0.3 is 18.2 Å². The largest absolute Gasteiger partial charge is 0.511 e. The zero-order valence-electron chi connectivity index (χ0n) is 21.7. The second-order valence-corrected chi connectivity index (χ2v) is 10.7. The highest BCUT2D eigenvalue weighted by Crippen LogP contribution is 2.47. The van der Waals surface area contributed by atoms with Gasteiger partial charge in [-0.25, -0.2) is 14.1 Å². The van der Waals surface area contributed by atoms with E-state index in [1.165, 1.54) is 18.2 Å². The van der Waals surface area contributed by atoms with Crippen LogP contribution in [0, 0.1) is 0 Å². The number of carbonyl (C=O) groups is 2. The molecule has 0 spiro atoms. The highest BCUT2D eigenvalue weighted by molar-refractivity contribution is 6.33. The molecular formula is C29H28ClF3N3O4+. The van der Waals surface area contributed by atoms with Crippen LogP contribution >= 0.6 is 11.6 Å². The maximum atomic E-state index is 14.5. The number of halogens is 4. The average Bonchev–Trinajstić information content (AvgIpc) is 3.35. The number of carbonyl (C=O) groups excluding carboxylic acids is 1. The number of fused-ring (bicyclic) bond motifs is 1. The van der Waals surface area contributed by atoms with E-state index in [2.05, 4.69) is 9.88 Å². The van der Waals surface area contributed by atoms with E-state index in [4.69, 9.17) is 21.4 Å². The molecule has 5 rings (SSSR count). The molecule has 0 bridgehead atoms. The van der Waals surface area contributed by atoms with E-state index in [1.54, 1.807) is 31.6 Å². The summed E-state index contributed by atoms with van der Waals surface area (Å²) in [6, 6.07) is 11.4. The van der Waals surface area contributed by atoms with Crippen LogP contribution in [0.1, 0.15) is 52.4 Å². The van der Waals surface area contributed by atoms with E-state index < -0.39 is 35.4 Å². The molecule has 11 heteroatoms. The smallest absolute Gasteiger partial charge is 0.449 e. The Morgan fingerprint density at radius 1 is 1.07 bits per heavy atom. The monoisotopic (exact) mass is 574 g/mol. The first kappa shape index (κ1) is 27.9. The van der Waals surface area contributed by atoms with Gasteiger partial charge in [-0.05, 0) is 54.4 Å². The Morgan fingerprint density at radius 3 is 2.42 bits per heavy atom. The van der Waals surface area contributed by atoms with Gasteiger partial charge in [0.1, 0.15) is 17.4 Å². The number of benzene rings is 2. The summed E-state index contributed by atoms with van der Waals surface area (Å²) in [6.45, 7) is 1.24. The van der Waals surface area contributed by atoms with Crippen LogP contribution in [-0.2, 0) is 12.6 Å². The van der Waals surface area contributed by atoms with Gasteiger partial charge in [-0.3, -0.25) is 4.98 Å². The molecule has 0 saturated carbocycles. The van der Waals surface area contributed by atoms with Crippen LogP contribution in [-0.4, -0.2) is 52.8 Å². The number of nitrogens with zero attached hydrogens (tertiary/aromatic N) is 3. The number of piperidine rings is 1. The molecule has 1 fully saturated rings. The molecule has 2 aromatic carbocycles. The number of hydrogen-bond donors (Lipinski definition) is 1. The quantitative estimate of drug-likeness (QED) is 0.206. The molecule has 1 N–H and O–H groups in total. The Hall–Kier alpha value is -3.63. The van der Waals surface area contributed by atoms with Crippen LogP contribution in [0.15, 0.2) is 60.9 Å². The number of aromatic nitrogens is 1. The van der Waals surface area contributed by atoms with Crippen LogP contribution in [0.2, 0.25) is 5.02 Å². The second-order valence-electron chi connectivity index (χ2n) is 10.3. The highest BCUT2D eigenvalue weighted by atomic mass is 35.5. The third-order valence-electron chi connectivity index (χ3n) is 8.23. The standard InChI is InChI=1S/C29H27ClF3N3O4/c1-36(20-11-15-35(16-12-20)19-9-13-34-14-10-19,27(37)26-23(29(31,32)33)3-2-4-24(26)30)25-8-5-18-17-21(40-28(38)39)6-7-22(18)25/h2-4,6-7,9-10,13-14,17,20,25H,5,8,11-12,15-16H2,1H3/p+1. The molecule has 7 nitrogen and oxygen atoms in total. The van der Waals surface area contributed by atoms with Gasteiger partial charge < -0.3 is 14.7 Å². The SMILES string of the molecule is C[N+](C(=O)c1c(Cl)cccc1C(F)(F)F)(C1CCN(c2ccncc2)CC1)C1CCc2cc(OC(=O)O)ccc21. The molecule has 210 valence electrons. The van der Waals surface area contributed by atoms with Gasteiger partial charge in [0.15, 0.2) is 0 Å². The number of ether oxygens (including phenoxy) is 1. The number of carboxylic acid groups (broad SMARTS) is 1. The molecule has 0 radical (unpaired) electrons. The summed E-state index contributed by atoms with van der Waals surface area (Å²) >= 11 is 6.34. The molecule has 2 aliphatic rings. The third kappa shape index (κ3) is 5.13. The number of anilines is 1. The van der Waals surface area contributed by atoms with Crippen molar-refractivity contribution >= 4 is 29.4 Å². The molecule has 1 amide bonds. The fraction of sp³-hybridized carbons (Fsp3) is 0.345. The number of alkyl halides is 3. The van der Waals surface area contributed by atoms with E-state index in [0.717, 1.165) is 22.9 Å². The molecule has 2 unspecified atom stereocenters. The summed E-state index contributed by atoms with van der Waals surface area (Å²) in [5.74, 6) is -0.521. The van der Waals surface area contributed by atoms with Crippen molar-refractivity contribution in [3.63, 3.8) is 0 Å². The number of amides is 1. The van der Waals surface area contributed by atoms with Crippen molar-refractivity contribution in [1.29, 1.82) is 0 Å². The van der Waals surface area contributed by atoms with Crippen molar-refractivity contribution in [2.45, 2.75) is 43.9 Å². The minimum Gasteiger partial charge on any atom is -0.449 e. The summed E-state index contributed by atoms with van der Waals surface area (Å²) in [7, 11) is 1.72. The van der Waals surface area contributed by atoms with Crippen molar-refractivity contribution in [2.24, 2.45) is 0 Å². The maximum absolute atomic E-state index is 14.5. The minimum atomic E-state index is -4.76. The Balaban J connectivity index is 1.56. The molecule has 1 saturated heterocycles. The van der Waals surface area contributed by atoms with Crippen LogP contribution < -0.4 is 9.64 Å². The van der Waals surface area contributed by atoms with Crippen LogP contribution in [0.3, 0.4) is 0 Å². The Bertz CT molecular complexity index is 1430. The van der Waals surface area contributed by atoms with E-state index >= 15 is 0 Å². The van der Waals surface area contributed by atoms with Crippen molar-refractivity contribution in [2.75, 3.05) is 25.0 Å². The lowest BCUT2D eigenvalue weighted by molar-refractivity contribution is -0.887. The molecule has 1 aromatic heterocycles. The highest BCUT2D eigenvalue weighted by Gasteiger charge is 2.53. The molecule has 2 heterocycles. The number of rotatable bonds is 5. The summed E-state index contributed by atoms with van der Waals surface area (Å²) in [6.07, 6.45) is -0.609. The first-order chi connectivity index (χ1) is 19.0. The van der Waals surface area contributed by atoms with Crippen molar-refractivity contribution in [3.8, 4) is 5.75 Å². The predicted molar refractivity (Wildman–Crippen MR) is 143 cm³/mol. The number of hydrogen-bond acceptors (Lipinski definition) is 5. The van der Waals surface area contributed by atoms with Crippen LogP contribution in [0.4, 0.5) is 23.7 Å². The van der Waals surface area contributed by atoms with Crippen LogP contribution in [0.5, 0.6) is 5.75 Å². The zero-order chi connectivity index (χ0) is 28.7. The molecule has 1 aliphatic heterocycles. The minimum absolute atomic E-state index is 0.156. The third-order valence-corrected chi connectivity index (χ3v) is 8.55. The van der Waals surface area contributed by atoms with Gasteiger partial charge in [0.2, 0.25) is 0 Å². The molecule has 2 atom stereocenters. The number of quaternary nitrogens is 1. The van der Waals surface area contributed by atoms with Crippen LogP contribution in [0.25, 0.3) is 0 Å². The average molecular weight is 575 g/mol. The molecule has 40 heavy (non-hydrogen) atoms. The van der Waals surface area contributed by atoms with Crippen molar-refractivity contribution < 1.29 is 37.1 Å². The fourth-order valence-electron chi connectivity index (χ4n) is 6.29. The van der Waals surface area contributed by atoms with E-state index in [9.17, 15) is 22.8 Å². The Labute approximate surface area is 234 Å². The first-order valence-corrected chi connectivity index (χ1v) is 13.3. The second kappa shape index (κ2) is 10.7. The fourth-order valence-corrected chi connectivity index (χ4v) is 6.54. The number of pyridine rings is 1. The Kier molecular flexibility index (Phi) is 7.50. The van der Waals surface area contributed by atoms with Crippen molar-refractivity contribution in [3.05, 3.63) is 88.2 Å². The van der Waals surface area contributed by atoms with Gasteiger partial charge in [-0.15, -0.1) is 0 Å². The van der Waals surface area contributed by atoms with E-state index in [1.807, 2.05) is 12.1 Å².